The molecule has 4 rings (SSSR count). The van der Waals surface area contributed by atoms with Gasteiger partial charge < -0.3 is 9.64 Å². The Bertz CT molecular complexity index is 891. The molecule has 1 aliphatic heterocycles. The fraction of sp³-hybridized carbons (Fsp3) is 0.250. The maximum atomic E-state index is 9.29. The van der Waals surface area contributed by atoms with E-state index in [2.05, 4.69) is 25.9 Å². The van der Waals surface area contributed by atoms with Crippen LogP contribution in [-0.4, -0.2) is 45.8 Å². The van der Waals surface area contributed by atoms with Gasteiger partial charge in [-0.05, 0) is 12.1 Å². The molecule has 1 fully saturated rings. The second-order valence-electron chi connectivity index (χ2n) is 5.23. The largest absolute Gasteiger partial charge is 0.378 e. The lowest BCUT2D eigenvalue weighted by atomic mass is 10.3. The SMILES string of the molecule is N#Cc1cc(N2CCOCC2)nc(-n2cnc3ccccc32)n1. The van der Waals surface area contributed by atoms with E-state index in [1.165, 1.54) is 0 Å². The van der Waals surface area contributed by atoms with Crippen LogP contribution in [-0.2, 0) is 4.74 Å². The molecular formula is C16H14N6O. The number of rotatable bonds is 2. The minimum absolute atomic E-state index is 0.342. The van der Waals surface area contributed by atoms with E-state index in [-0.39, 0.29) is 0 Å². The Hall–Kier alpha value is -2.98. The molecule has 0 radical (unpaired) electrons. The highest BCUT2D eigenvalue weighted by atomic mass is 16.5. The summed E-state index contributed by atoms with van der Waals surface area (Å²) in [6, 6.07) is 11.6. The van der Waals surface area contributed by atoms with Gasteiger partial charge in [-0.3, -0.25) is 4.57 Å². The molecule has 3 heterocycles. The van der Waals surface area contributed by atoms with Gasteiger partial charge in [-0.15, -0.1) is 0 Å². The molecule has 0 amide bonds. The highest BCUT2D eigenvalue weighted by Crippen LogP contribution is 2.19. The second-order valence-corrected chi connectivity index (χ2v) is 5.23. The maximum Gasteiger partial charge on any atom is 0.238 e. The lowest BCUT2D eigenvalue weighted by molar-refractivity contribution is 0.122. The molecule has 0 aliphatic carbocycles. The number of fused-ring (bicyclic) bond motifs is 1. The molecular weight excluding hydrogens is 292 g/mol. The van der Waals surface area contributed by atoms with E-state index in [1.54, 1.807) is 17.0 Å². The number of nitriles is 1. The molecule has 7 heteroatoms. The summed E-state index contributed by atoms with van der Waals surface area (Å²) in [7, 11) is 0. The molecule has 1 aliphatic rings. The summed E-state index contributed by atoms with van der Waals surface area (Å²) in [6.45, 7) is 2.84. The third-order valence-electron chi connectivity index (χ3n) is 3.82. The van der Waals surface area contributed by atoms with Crippen LogP contribution in [0.2, 0.25) is 0 Å². The van der Waals surface area contributed by atoms with E-state index in [0.29, 0.717) is 24.9 Å². The molecule has 0 N–H and O–H groups in total. The number of aromatic nitrogens is 4. The van der Waals surface area contributed by atoms with Crippen molar-refractivity contribution in [2.24, 2.45) is 0 Å². The minimum Gasteiger partial charge on any atom is -0.378 e. The molecule has 0 atom stereocenters. The predicted octanol–water partition coefficient (Wildman–Crippen LogP) is 1.52. The van der Waals surface area contributed by atoms with E-state index in [0.717, 1.165) is 29.9 Å². The summed E-state index contributed by atoms with van der Waals surface area (Å²) in [5, 5.41) is 9.29. The Morgan fingerprint density at radius 1 is 1.13 bits per heavy atom. The first-order valence-corrected chi connectivity index (χ1v) is 7.39. The number of ether oxygens (including phenoxy) is 1. The van der Waals surface area contributed by atoms with Crippen LogP contribution in [0.3, 0.4) is 0 Å². The van der Waals surface area contributed by atoms with E-state index < -0.39 is 0 Å². The molecule has 0 bridgehead atoms. The lowest BCUT2D eigenvalue weighted by Gasteiger charge is -2.28. The first-order chi connectivity index (χ1) is 11.3. The first kappa shape index (κ1) is 13.7. The summed E-state index contributed by atoms with van der Waals surface area (Å²) in [5.41, 5.74) is 2.12. The quantitative estimate of drug-likeness (QED) is 0.714. The van der Waals surface area contributed by atoms with E-state index in [4.69, 9.17) is 4.74 Å². The van der Waals surface area contributed by atoms with Crippen molar-refractivity contribution in [3.05, 3.63) is 42.4 Å². The van der Waals surface area contributed by atoms with E-state index in [1.807, 2.05) is 24.3 Å². The van der Waals surface area contributed by atoms with Crippen molar-refractivity contribution in [2.75, 3.05) is 31.2 Å². The standard InChI is InChI=1S/C16H14N6O/c17-10-12-9-15(21-5-7-23-8-6-21)20-16(19-12)22-11-18-13-3-1-2-4-14(13)22/h1-4,9,11H,5-8H2. The average Bonchev–Trinajstić information content (AvgIpc) is 3.06. The smallest absolute Gasteiger partial charge is 0.238 e. The molecule has 0 saturated carbocycles. The van der Waals surface area contributed by atoms with Crippen LogP contribution in [0.4, 0.5) is 5.82 Å². The number of imidazole rings is 1. The summed E-state index contributed by atoms with van der Waals surface area (Å²) >= 11 is 0. The van der Waals surface area contributed by atoms with Crippen LogP contribution in [0.5, 0.6) is 0 Å². The van der Waals surface area contributed by atoms with Gasteiger partial charge in [-0.2, -0.15) is 10.2 Å². The molecule has 114 valence electrons. The van der Waals surface area contributed by atoms with Crippen LogP contribution in [0.1, 0.15) is 5.69 Å². The van der Waals surface area contributed by atoms with Gasteiger partial charge in [0.15, 0.2) is 0 Å². The van der Waals surface area contributed by atoms with Gasteiger partial charge in [0.2, 0.25) is 5.95 Å². The average molecular weight is 306 g/mol. The Labute approximate surface area is 132 Å². The summed E-state index contributed by atoms with van der Waals surface area (Å²) in [5.74, 6) is 1.20. The summed E-state index contributed by atoms with van der Waals surface area (Å²) < 4.78 is 7.18. The normalized spacial score (nSPS) is 14.8. The summed E-state index contributed by atoms with van der Waals surface area (Å²) in [6.07, 6.45) is 1.68. The van der Waals surface area contributed by atoms with Crippen molar-refractivity contribution >= 4 is 16.9 Å². The maximum absolute atomic E-state index is 9.29. The van der Waals surface area contributed by atoms with Crippen molar-refractivity contribution in [1.82, 2.24) is 19.5 Å². The molecule has 1 saturated heterocycles. The number of morpholine rings is 1. The van der Waals surface area contributed by atoms with E-state index >= 15 is 0 Å². The van der Waals surface area contributed by atoms with Crippen LogP contribution >= 0.6 is 0 Å². The number of benzene rings is 1. The van der Waals surface area contributed by atoms with Crippen molar-refractivity contribution in [3.63, 3.8) is 0 Å². The molecule has 3 aromatic rings. The molecule has 7 nitrogen and oxygen atoms in total. The van der Waals surface area contributed by atoms with Gasteiger partial charge in [0, 0.05) is 19.2 Å². The Morgan fingerprint density at radius 2 is 1.96 bits per heavy atom. The highest BCUT2D eigenvalue weighted by Gasteiger charge is 2.16. The molecule has 0 unspecified atom stereocenters. The zero-order valence-corrected chi connectivity index (χ0v) is 12.4. The fourth-order valence-electron chi connectivity index (χ4n) is 2.66. The molecule has 0 spiro atoms. The van der Waals surface area contributed by atoms with Crippen molar-refractivity contribution < 1.29 is 4.74 Å². The minimum atomic E-state index is 0.342. The van der Waals surface area contributed by atoms with Crippen LogP contribution < -0.4 is 4.90 Å². The lowest BCUT2D eigenvalue weighted by Crippen LogP contribution is -2.37. The monoisotopic (exact) mass is 306 g/mol. The number of para-hydroxylation sites is 2. The van der Waals surface area contributed by atoms with Crippen LogP contribution in [0, 0.1) is 11.3 Å². The van der Waals surface area contributed by atoms with Crippen molar-refractivity contribution in [1.29, 1.82) is 5.26 Å². The highest BCUT2D eigenvalue weighted by molar-refractivity contribution is 5.76. The van der Waals surface area contributed by atoms with Gasteiger partial charge in [-0.25, -0.2) is 9.97 Å². The molecule has 23 heavy (non-hydrogen) atoms. The van der Waals surface area contributed by atoms with Crippen molar-refractivity contribution in [2.45, 2.75) is 0 Å². The van der Waals surface area contributed by atoms with Gasteiger partial charge in [-0.1, -0.05) is 12.1 Å². The Morgan fingerprint density at radius 3 is 2.78 bits per heavy atom. The fourth-order valence-corrected chi connectivity index (χ4v) is 2.66. The van der Waals surface area contributed by atoms with E-state index in [9.17, 15) is 5.26 Å². The second kappa shape index (κ2) is 5.66. The number of nitrogens with zero attached hydrogens (tertiary/aromatic N) is 6. The van der Waals surface area contributed by atoms with Gasteiger partial charge in [0.05, 0.1) is 24.2 Å². The number of hydrogen-bond acceptors (Lipinski definition) is 6. The zero-order chi connectivity index (χ0) is 15.6. The Kier molecular flexibility index (Phi) is 3.37. The van der Waals surface area contributed by atoms with Gasteiger partial charge >= 0.3 is 0 Å². The Balaban J connectivity index is 1.83. The predicted molar refractivity (Wildman–Crippen MR) is 84.4 cm³/mol. The van der Waals surface area contributed by atoms with Crippen LogP contribution in [0.25, 0.3) is 17.0 Å². The third-order valence-corrected chi connectivity index (χ3v) is 3.82. The summed E-state index contributed by atoms with van der Waals surface area (Å²) in [4.78, 5) is 15.4. The first-order valence-electron chi connectivity index (χ1n) is 7.39. The third kappa shape index (κ3) is 2.49. The van der Waals surface area contributed by atoms with Gasteiger partial charge in [0.1, 0.15) is 23.9 Å². The van der Waals surface area contributed by atoms with Crippen molar-refractivity contribution in [3.8, 4) is 12.0 Å². The molecule has 1 aromatic carbocycles. The molecule has 2 aromatic heterocycles. The number of anilines is 1. The number of hydrogen-bond donors (Lipinski definition) is 0. The van der Waals surface area contributed by atoms with Gasteiger partial charge in [0.25, 0.3) is 0 Å². The topological polar surface area (TPSA) is 79.9 Å². The zero-order valence-electron chi connectivity index (χ0n) is 12.4. The van der Waals surface area contributed by atoms with Crippen LogP contribution in [0.15, 0.2) is 36.7 Å².